The molecule has 0 spiro atoms. The van der Waals surface area contributed by atoms with Crippen molar-refractivity contribution in [2.45, 2.75) is 25.7 Å². The Morgan fingerprint density at radius 2 is 2.35 bits per heavy atom. The Morgan fingerprint density at radius 3 is 3.00 bits per heavy atom. The molecule has 0 aromatic carbocycles. The zero-order chi connectivity index (χ0) is 14.1. The molecule has 3 heterocycles. The molecule has 1 aliphatic rings. The molecule has 106 valence electrons. The number of amides is 1. The maximum Gasteiger partial charge on any atom is 0.289 e. The molecule has 2 aromatic heterocycles. The van der Waals surface area contributed by atoms with Crippen LogP contribution < -0.4 is 0 Å². The van der Waals surface area contributed by atoms with Gasteiger partial charge in [-0.1, -0.05) is 5.16 Å². The standard InChI is InChI=1S/C13H14ClN3O3/c1-8-15-12(16-20-8)9-3-2-6-17(7-9)13(18)10-4-5-11(14)19-10/h4-5,9H,2-3,6-7H2,1H3/t9-/m1/s1. The average molecular weight is 296 g/mol. The van der Waals surface area contributed by atoms with Crippen LogP contribution in [0.4, 0.5) is 0 Å². The molecule has 3 rings (SSSR count). The van der Waals surface area contributed by atoms with Gasteiger partial charge in [0, 0.05) is 25.9 Å². The lowest BCUT2D eigenvalue weighted by atomic mass is 9.97. The average Bonchev–Trinajstić information content (AvgIpc) is 3.07. The van der Waals surface area contributed by atoms with Crippen LogP contribution in [-0.4, -0.2) is 34.0 Å². The SMILES string of the molecule is Cc1nc([C@@H]2CCCN(C(=O)c3ccc(Cl)o3)C2)no1. The van der Waals surface area contributed by atoms with E-state index in [1.54, 1.807) is 24.0 Å². The van der Waals surface area contributed by atoms with E-state index in [0.29, 0.717) is 24.8 Å². The second kappa shape index (κ2) is 5.28. The van der Waals surface area contributed by atoms with Gasteiger partial charge in [0.15, 0.2) is 16.8 Å². The van der Waals surface area contributed by atoms with Gasteiger partial charge >= 0.3 is 0 Å². The van der Waals surface area contributed by atoms with Gasteiger partial charge in [-0.3, -0.25) is 4.79 Å². The van der Waals surface area contributed by atoms with Crippen molar-refractivity contribution in [2.75, 3.05) is 13.1 Å². The zero-order valence-electron chi connectivity index (χ0n) is 11.0. The fraction of sp³-hybridized carbons (Fsp3) is 0.462. The highest BCUT2D eigenvalue weighted by atomic mass is 35.5. The Morgan fingerprint density at radius 1 is 1.50 bits per heavy atom. The number of likely N-dealkylation sites (tertiary alicyclic amines) is 1. The molecule has 1 aliphatic heterocycles. The van der Waals surface area contributed by atoms with E-state index in [1.165, 1.54) is 0 Å². The highest BCUT2D eigenvalue weighted by molar-refractivity contribution is 6.29. The number of halogens is 1. The topological polar surface area (TPSA) is 72.4 Å². The second-order valence-electron chi connectivity index (χ2n) is 4.87. The monoisotopic (exact) mass is 295 g/mol. The predicted octanol–water partition coefficient (Wildman–Crippen LogP) is 2.64. The minimum absolute atomic E-state index is 0.107. The van der Waals surface area contributed by atoms with Crippen LogP contribution in [0.1, 0.15) is 41.0 Å². The number of piperidine rings is 1. The van der Waals surface area contributed by atoms with Crippen LogP contribution in [0.15, 0.2) is 21.1 Å². The quantitative estimate of drug-likeness (QED) is 0.851. The molecular formula is C13H14ClN3O3. The molecule has 0 N–H and O–H groups in total. The number of rotatable bonds is 2. The molecule has 0 unspecified atom stereocenters. The van der Waals surface area contributed by atoms with E-state index in [-0.39, 0.29) is 22.8 Å². The minimum Gasteiger partial charge on any atom is -0.440 e. The first-order valence-corrected chi connectivity index (χ1v) is 6.86. The summed E-state index contributed by atoms with van der Waals surface area (Å²) in [5, 5.41) is 4.16. The fourth-order valence-corrected chi connectivity index (χ4v) is 2.58. The lowest BCUT2D eigenvalue weighted by Crippen LogP contribution is -2.39. The molecule has 0 aliphatic carbocycles. The van der Waals surface area contributed by atoms with Gasteiger partial charge in [-0.05, 0) is 36.6 Å². The van der Waals surface area contributed by atoms with Crippen molar-refractivity contribution in [3.63, 3.8) is 0 Å². The first-order chi connectivity index (χ1) is 9.63. The van der Waals surface area contributed by atoms with Crippen molar-refractivity contribution >= 4 is 17.5 Å². The largest absolute Gasteiger partial charge is 0.440 e. The third-order valence-corrected chi connectivity index (χ3v) is 3.60. The van der Waals surface area contributed by atoms with Crippen LogP contribution >= 0.6 is 11.6 Å². The Labute approximate surface area is 120 Å². The molecule has 0 saturated carbocycles. The molecule has 0 radical (unpaired) electrons. The van der Waals surface area contributed by atoms with E-state index in [2.05, 4.69) is 10.1 Å². The summed E-state index contributed by atoms with van der Waals surface area (Å²) in [6, 6.07) is 3.16. The van der Waals surface area contributed by atoms with Crippen molar-refractivity contribution in [3.8, 4) is 0 Å². The van der Waals surface area contributed by atoms with Crippen LogP contribution in [0.2, 0.25) is 5.22 Å². The zero-order valence-corrected chi connectivity index (χ0v) is 11.8. The lowest BCUT2D eigenvalue weighted by molar-refractivity contribution is 0.0671. The van der Waals surface area contributed by atoms with Gasteiger partial charge in [0.2, 0.25) is 5.89 Å². The highest BCUT2D eigenvalue weighted by Crippen LogP contribution is 2.26. The van der Waals surface area contributed by atoms with Gasteiger partial charge in [-0.2, -0.15) is 4.98 Å². The van der Waals surface area contributed by atoms with Crippen molar-refractivity contribution < 1.29 is 13.7 Å². The summed E-state index contributed by atoms with van der Waals surface area (Å²) in [6.45, 7) is 3.02. The first kappa shape index (κ1) is 13.2. The van der Waals surface area contributed by atoms with Crippen LogP contribution in [0.5, 0.6) is 0 Å². The Bertz CT molecular complexity index is 622. The van der Waals surface area contributed by atoms with Gasteiger partial charge in [0.1, 0.15) is 0 Å². The number of hydrogen-bond acceptors (Lipinski definition) is 5. The van der Waals surface area contributed by atoms with Crippen LogP contribution in [0.3, 0.4) is 0 Å². The number of hydrogen-bond donors (Lipinski definition) is 0. The Hall–Kier alpha value is -1.82. The molecule has 6 nitrogen and oxygen atoms in total. The summed E-state index contributed by atoms with van der Waals surface area (Å²) in [6.07, 6.45) is 1.85. The van der Waals surface area contributed by atoms with Gasteiger partial charge in [0.25, 0.3) is 5.91 Å². The number of furan rings is 1. The van der Waals surface area contributed by atoms with Gasteiger partial charge in [0.05, 0.1) is 0 Å². The molecular weight excluding hydrogens is 282 g/mol. The van der Waals surface area contributed by atoms with Crippen molar-refractivity contribution in [1.82, 2.24) is 15.0 Å². The van der Waals surface area contributed by atoms with Gasteiger partial charge in [-0.15, -0.1) is 0 Å². The van der Waals surface area contributed by atoms with Crippen LogP contribution in [-0.2, 0) is 0 Å². The molecule has 7 heteroatoms. The van der Waals surface area contributed by atoms with Crippen molar-refractivity contribution in [3.05, 3.63) is 34.8 Å². The lowest BCUT2D eigenvalue weighted by Gasteiger charge is -2.30. The second-order valence-corrected chi connectivity index (χ2v) is 5.24. The molecule has 1 fully saturated rings. The molecule has 1 saturated heterocycles. The fourth-order valence-electron chi connectivity index (χ4n) is 2.44. The minimum atomic E-state index is -0.151. The number of carbonyl (C=O) groups is 1. The van der Waals surface area contributed by atoms with E-state index < -0.39 is 0 Å². The third kappa shape index (κ3) is 2.56. The van der Waals surface area contributed by atoms with Gasteiger partial charge < -0.3 is 13.8 Å². The molecule has 2 aromatic rings. The molecule has 20 heavy (non-hydrogen) atoms. The predicted molar refractivity (Wildman–Crippen MR) is 70.6 cm³/mol. The first-order valence-electron chi connectivity index (χ1n) is 6.48. The molecule has 1 atom stereocenters. The van der Waals surface area contributed by atoms with E-state index in [0.717, 1.165) is 12.8 Å². The summed E-state index contributed by atoms with van der Waals surface area (Å²) < 4.78 is 10.2. The normalized spacial score (nSPS) is 19.3. The molecule has 1 amide bonds. The summed E-state index contributed by atoms with van der Waals surface area (Å²) in [5.74, 6) is 1.43. The Kier molecular flexibility index (Phi) is 3.48. The van der Waals surface area contributed by atoms with Crippen molar-refractivity contribution in [1.29, 1.82) is 0 Å². The highest BCUT2D eigenvalue weighted by Gasteiger charge is 2.29. The van der Waals surface area contributed by atoms with E-state index in [4.69, 9.17) is 20.5 Å². The maximum absolute atomic E-state index is 12.3. The van der Waals surface area contributed by atoms with E-state index >= 15 is 0 Å². The van der Waals surface area contributed by atoms with Crippen LogP contribution in [0.25, 0.3) is 0 Å². The number of carbonyl (C=O) groups excluding carboxylic acids is 1. The number of aromatic nitrogens is 2. The van der Waals surface area contributed by atoms with Crippen LogP contribution in [0, 0.1) is 6.92 Å². The summed E-state index contributed by atoms with van der Waals surface area (Å²) in [5.41, 5.74) is 0. The maximum atomic E-state index is 12.3. The summed E-state index contributed by atoms with van der Waals surface area (Å²) in [7, 11) is 0. The van der Waals surface area contributed by atoms with E-state index in [9.17, 15) is 4.79 Å². The van der Waals surface area contributed by atoms with Gasteiger partial charge in [-0.25, -0.2) is 0 Å². The molecule has 0 bridgehead atoms. The number of aryl methyl sites for hydroxylation is 1. The summed E-state index contributed by atoms with van der Waals surface area (Å²) >= 11 is 5.70. The van der Waals surface area contributed by atoms with Crippen molar-refractivity contribution in [2.24, 2.45) is 0 Å². The smallest absolute Gasteiger partial charge is 0.289 e. The third-order valence-electron chi connectivity index (χ3n) is 3.40. The van der Waals surface area contributed by atoms with E-state index in [1.807, 2.05) is 0 Å². The number of nitrogens with zero attached hydrogens (tertiary/aromatic N) is 3. The summed E-state index contributed by atoms with van der Waals surface area (Å²) in [4.78, 5) is 18.3. The Balaban J connectivity index is 1.73.